The molecule has 0 aromatic carbocycles. The molecule has 4 nitrogen and oxygen atoms in total. The zero-order chi connectivity index (χ0) is 12.8. The smallest absolute Gasteiger partial charge is 0.222 e. The predicted octanol–water partition coefficient (Wildman–Crippen LogP) is 1.24. The number of nitrogens with one attached hydrogen (secondary N) is 1. The molecule has 1 rings (SSSR count). The Labute approximate surface area is 100 Å². The lowest BCUT2D eigenvalue weighted by atomic mass is 10.2. The van der Waals surface area contributed by atoms with Gasteiger partial charge in [0.05, 0.1) is 0 Å². The fourth-order valence-electron chi connectivity index (χ4n) is 1.30. The topological polar surface area (TPSA) is 52.6 Å². The Hall–Kier alpha value is -0.610. The van der Waals surface area contributed by atoms with Crippen molar-refractivity contribution in [2.45, 2.75) is 40.5 Å². The summed E-state index contributed by atoms with van der Waals surface area (Å²) < 4.78 is 0. The maximum Gasteiger partial charge on any atom is 0.222 e. The Bertz CT molecular complexity index is 146. The molecule has 0 aromatic heterocycles. The molecule has 0 atom stereocenters. The first kappa shape index (κ1) is 17.8. The molecule has 98 valence electrons. The van der Waals surface area contributed by atoms with Crippen LogP contribution in [-0.4, -0.2) is 48.7 Å². The standard InChI is InChI=1S/C8H16N2O2.2C2H6/c11-7-1-2-8(12)10-5-3-9-4-6-10;2*1-2/h9,11H,1-7H2;2*1-2H3. The van der Waals surface area contributed by atoms with E-state index in [-0.39, 0.29) is 12.5 Å². The number of hydrogen-bond donors (Lipinski definition) is 2. The van der Waals surface area contributed by atoms with Crippen molar-refractivity contribution in [2.75, 3.05) is 32.8 Å². The number of aliphatic hydroxyl groups is 1. The van der Waals surface area contributed by atoms with E-state index >= 15 is 0 Å². The van der Waals surface area contributed by atoms with Crippen LogP contribution in [0.15, 0.2) is 0 Å². The fraction of sp³-hybridized carbons (Fsp3) is 0.917. The van der Waals surface area contributed by atoms with Gasteiger partial charge < -0.3 is 15.3 Å². The van der Waals surface area contributed by atoms with Gasteiger partial charge in [0.25, 0.3) is 0 Å². The molecule has 2 N–H and O–H groups in total. The Morgan fingerprint density at radius 1 is 1.19 bits per heavy atom. The second-order valence-electron chi connectivity index (χ2n) is 2.96. The van der Waals surface area contributed by atoms with Crippen molar-refractivity contribution < 1.29 is 9.90 Å². The molecule has 1 saturated heterocycles. The van der Waals surface area contributed by atoms with Crippen molar-refractivity contribution in [3.8, 4) is 0 Å². The van der Waals surface area contributed by atoms with E-state index < -0.39 is 0 Å². The van der Waals surface area contributed by atoms with E-state index in [0.717, 1.165) is 26.2 Å². The van der Waals surface area contributed by atoms with Crippen molar-refractivity contribution in [3.63, 3.8) is 0 Å². The first-order chi connectivity index (χ1) is 7.84. The summed E-state index contributed by atoms with van der Waals surface area (Å²) in [6, 6.07) is 0. The second-order valence-corrected chi connectivity index (χ2v) is 2.96. The number of aliphatic hydroxyl groups excluding tert-OH is 1. The van der Waals surface area contributed by atoms with E-state index in [2.05, 4.69) is 5.32 Å². The average Bonchev–Trinajstić information content (AvgIpc) is 2.41. The van der Waals surface area contributed by atoms with Crippen LogP contribution in [-0.2, 0) is 4.79 Å². The Morgan fingerprint density at radius 3 is 2.12 bits per heavy atom. The maximum absolute atomic E-state index is 11.3. The lowest BCUT2D eigenvalue weighted by Gasteiger charge is -2.27. The monoisotopic (exact) mass is 232 g/mol. The van der Waals surface area contributed by atoms with E-state index in [1.165, 1.54) is 0 Å². The largest absolute Gasteiger partial charge is 0.396 e. The van der Waals surface area contributed by atoms with Crippen LogP contribution < -0.4 is 5.32 Å². The van der Waals surface area contributed by atoms with Crippen LogP contribution in [0.2, 0.25) is 0 Å². The van der Waals surface area contributed by atoms with E-state index in [1.807, 2.05) is 32.6 Å². The van der Waals surface area contributed by atoms with Gasteiger partial charge >= 0.3 is 0 Å². The Morgan fingerprint density at radius 2 is 1.69 bits per heavy atom. The molecular formula is C12H28N2O2. The van der Waals surface area contributed by atoms with E-state index in [0.29, 0.717) is 12.8 Å². The molecule has 0 unspecified atom stereocenters. The molecule has 1 amide bonds. The van der Waals surface area contributed by atoms with E-state index in [9.17, 15) is 4.79 Å². The second kappa shape index (κ2) is 14.4. The summed E-state index contributed by atoms with van der Waals surface area (Å²) in [4.78, 5) is 13.2. The van der Waals surface area contributed by atoms with Gasteiger partial charge in [0.1, 0.15) is 0 Å². The third kappa shape index (κ3) is 8.68. The average molecular weight is 232 g/mol. The van der Waals surface area contributed by atoms with Crippen LogP contribution in [0, 0.1) is 0 Å². The van der Waals surface area contributed by atoms with Crippen LogP contribution in [0.3, 0.4) is 0 Å². The lowest BCUT2D eigenvalue weighted by Crippen LogP contribution is -2.46. The highest BCUT2D eigenvalue weighted by Gasteiger charge is 2.14. The van der Waals surface area contributed by atoms with Gasteiger partial charge in [-0.25, -0.2) is 0 Å². The summed E-state index contributed by atoms with van der Waals surface area (Å²) >= 11 is 0. The number of hydrogen-bond acceptors (Lipinski definition) is 3. The minimum absolute atomic E-state index is 0.109. The molecule has 1 aliphatic heterocycles. The molecule has 0 aliphatic carbocycles. The first-order valence-corrected chi connectivity index (χ1v) is 6.44. The minimum atomic E-state index is 0.109. The molecule has 1 heterocycles. The first-order valence-electron chi connectivity index (χ1n) is 6.44. The summed E-state index contributed by atoms with van der Waals surface area (Å²) in [5.74, 6) is 0.172. The number of piperazine rings is 1. The summed E-state index contributed by atoms with van der Waals surface area (Å²) in [6.07, 6.45) is 1.07. The molecule has 0 saturated carbocycles. The third-order valence-electron chi connectivity index (χ3n) is 2.02. The van der Waals surface area contributed by atoms with E-state index in [1.54, 1.807) is 0 Å². The zero-order valence-corrected chi connectivity index (χ0v) is 11.3. The number of carbonyl (C=O) groups excluding carboxylic acids is 1. The van der Waals surface area contributed by atoms with Crippen molar-refractivity contribution >= 4 is 5.91 Å². The van der Waals surface area contributed by atoms with Crippen LogP contribution in [0.5, 0.6) is 0 Å². The summed E-state index contributed by atoms with van der Waals surface area (Å²) in [6.45, 7) is 11.5. The lowest BCUT2D eigenvalue weighted by molar-refractivity contribution is -0.132. The summed E-state index contributed by atoms with van der Waals surface area (Å²) in [5, 5.41) is 11.7. The Balaban J connectivity index is 0. The quantitative estimate of drug-likeness (QED) is 0.770. The molecule has 4 heteroatoms. The minimum Gasteiger partial charge on any atom is -0.396 e. The van der Waals surface area contributed by atoms with Crippen molar-refractivity contribution in [2.24, 2.45) is 0 Å². The van der Waals surface area contributed by atoms with Crippen LogP contribution in [0.25, 0.3) is 0 Å². The maximum atomic E-state index is 11.3. The van der Waals surface area contributed by atoms with Gasteiger partial charge in [0.15, 0.2) is 0 Å². The normalized spacial score (nSPS) is 14.2. The number of rotatable bonds is 3. The van der Waals surface area contributed by atoms with Gasteiger partial charge in [-0.2, -0.15) is 0 Å². The van der Waals surface area contributed by atoms with Crippen molar-refractivity contribution in [3.05, 3.63) is 0 Å². The van der Waals surface area contributed by atoms with Gasteiger partial charge in [-0.05, 0) is 6.42 Å². The van der Waals surface area contributed by atoms with Crippen LogP contribution >= 0.6 is 0 Å². The molecule has 0 spiro atoms. The predicted molar refractivity (Wildman–Crippen MR) is 68.5 cm³/mol. The SMILES string of the molecule is CC.CC.O=C(CCCO)N1CCNCC1. The highest BCUT2D eigenvalue weighted by molar-refractivity contribution is 5.76. The van der Waals surface area contributed by atoms with Gasteiger partial charge in [-0.3, -0.25) is 4.79 Å². The number of carbonyl (C=O) groups is 1. The van der Waals surface area contributed by atoms with Gasteiger partial charge in [0.2, 0.25) is 5.91 Å². The van der Waals surface area contributed by atoms with Crippen LogP contribution in [0.4, 0.5) is 0 Å². The van der Waals surface area contributed by atoms with Gasteiger partial charge in [0, 0.05) is 39.2 Å². The molecule has 1 aliphatic rings. The molecule has 0 bridgehead atoms. The van der Waals surface area contributed by atoms with Gasteiger partial charge in [-0.15, -0.1) is 0 Å². The number of amides is 1. The molecule has 16 heavy (non-hydrogen) atoms. The molecule has 1 fully saturated rings. The van der Waals surface area contributed by atoms with Gasteiger partial charge in [-0.1, -0.05) is 27.7 Å². The highest BCUT2D eigenvalue weighted by Crippen LogP contribution is 1.98. The molecule has 0 aromatic rings. The van der Waals surface area contributed by atoms with E-state index in [4.69, 9.17) is 5.11 Å². The summed E-state index contributed by atoms with van der Waals surface area (Å²) in [5.41, 5.74) is 0. The van der Waals surface area contributed by atoms with Crippen molar-refractivity contribution in [1.82, 2.24) is 10.2 Å². The molecular weight excluding hydrogens is 204 g/mol. The zero-order valence-electron chi connectivity index (χ0n) is 11.3. The highest BCUT2D eigenvalue weighted by atomic mass is 16.3. The Kier molecular flexibility index (Phi) is 16.0. The molecule has 0 radical (unpaired) electrons. The summed E-state index contributed by atoms with van der Waals surface area (Å²) in [7, 11) is 0. The third-order valence-corrected chi connectivity index (χ3v) is 2.02. The number of nitrogens with zero attached hydrogens (tertiary/aromatic N) is 1. The fourth-order valence-corrected chi connectivity index (χ4v) is 1.30. The van der Waals surface area contributed by atoms with Crippen molar-refractivity contribution in [1.29, 1.82) is 0 Å². The van der Waals surface area contributed by atoms with Crippen LogP contribution in [0.1, 0.15) is 40.5 Å².